The van der Waals surface area contributed by atoms with Gasteiger partial charge in [-0.05, 0) is 24.1 Å². The zero-order valence-corrected chi connectivity index (χ0v) is 9.06. The average molecular weight is 217 g/mol. The Kier molecular flexibility index (Phi) is 3.09. The van der Waals surface area contributed by atoms with Crippen molar-refractivity contribution in [1.82, 2.24) is 0 Å². The Morgan fingerprint density at radius 1 is 1.56 bits per heavy atom. The number of aliphatic hydroxyl groups excluding tert-OH is 1. The number of nitrogens with two attached hydrogens (primary N) is 1. The second-order valence-electron chi connectivity index (χ2n) is 4.06. The number of benzene rings is 1. The number of anilines is 1. The van der Waals surface area contributed by atoms with Crippen molar-refractivity contribution in [3.05, 3.63) is 29.3 Å². The van der Waals surface area contributed by atoms with Crippen LogP contribution in [0.3, 0.4) is 0 Å². The molecule has 2 rings (SSSR count). The SMILES string of the molecule is N#Cc1cc(CN)ccc1N1CCC(O)C1. The maximum atomic E-state index is 9.48. The molecule has 0 spiro atoms. The number of aliphatic hydroxyl groups is 1. The molecule has 3 N–H and O–H groups in total. The van der Waals surface area contributed by atoms with Crippen molar-refractivity contribution in [2.24, 2.45) is 5.73 Å². The first-order valence-corrected chi connectivity index (χ1v) is 5.40. The minimum absolute atomic E-state index is 0.277. The molecule has 1 aromatic rings. The number of nitriles is 1. The van der Waals surface area contributed by atoms with Gasteiger partial charge in [-0.25, -0.2) is 0 Å². The van der Waals surface area contributed by atoms with Gasteiger partial charge < -0.3 is 15.7 Å². The normalized spacial score (nSPS) is 19.8. The molecule has 1 heterocycles. The summed E-state index contributed by atoms with van der Waals surface area (Å²) in [4.78, 5) is 2.05. The van der Waals surface area contributed by atoms with Crippen molar-refractivity contribution in [2.75, 3.05) is 18.0 Å². The van der Waals surface area contributed by atoms with Crippen molar-refractivity contribution in [2.45, 2.75) is 19.1 Å². The Balaban J connectivity index is 2.31. The van der Waals surface area contributed by atoms with Crippen LogP contribution >= 0.6 is 0 Å². The van der Waals surface area contributed by atoms with E-state index in [1.54, 1.807) is 0 Å². The molecule has 0 aromatic heterocycles. The van der Waals surface area contributed by atoms with Gasteiger partial charge in [0, 0.05) is 19.6 Å². The Morgan fingerprint density at radius 2 is 2.38 bits per heavy atom. The first-order chi connectivity index (χ1) is 7.74. The number of rotatable bonds is 2. The van der Waals surface area contributed by atoms with Crippen molar-refractivity contribution in [3.8, 4) is 6.07 Å². The molecule has 4 heteroatoms. The Bertz CT molecular complexity index is 425. The lowest BCUT2D eigenvalue weighted by molar-refractivity contribution is 0.198. The summed E-state index contributed by atoms with van der Waals surface area (Å²) < 4.78 is 0. The monoisotopic (exact) mass is 217 g/mol. The van der Waals surface area contributed by atoms with Crippen molar-refractivity contribution >= 4 is 5.69 Å². The van der Waals surface area contributed by atoms with Gasteiger partial charge in [0.25, 0.3) is 0 Å². The fraction of sp³-hybridized carbons (Fsp3) is 0.417. The largest absolute Gasteiger partial charge is 0.391 e. The zero-order chi connectivity index (χ0) is 11.5. The summed E-state index contributed by atoms with van der Waals surface area (Å²) in [7, 11) is 0. The Labute approximate surface area is 94.9 Å². The van der Waals surface area contributed by atoms with E-state index in [0.29, 0.717) is 18.7 Å². The highest BCUT2D eigenvalue weighted by Crippen LogP contribution is 2.25. The van der Waals surface area contributed by atoms with Crippen LogP contribution in [-0.4, -0.2) is 24.3 Å². The average Bonchev–Trinajstić information content (AvgIpc) is 2.74. The molecule has 0 saturated carbocycles. The summed E-state index contributed by atoms with van der Waals surface area (Å²) in [6.07, 6.45) is 0.490. The molecule has 0 bridgehead atoms. The van der Waals surface area contributed by atoms with Gasteiger partial charge in [0.15, 0.2) is 0 Å². The minimum atomic E-state index is -0.277. The zero-order valence-electron chi connectivity index (χ0n) is 9.06. The predicted molar refractivity (Wildman–Crippen MR) is 61.9 cm³/mol. The molecule has 0 aliphatic carbocycles. The summed E-state index contributed by atoms with van der Waals surface area (Å²) in [5.74, 6) is 0. The number of hydrogen-bond donors (Lipinski definition) is 2. The molecular formula is C12H15N3O. The molecule has 1 aliphatic heterocycles. The van der Waals surface area contributed by atoms with E-state index in [9.17, 15) is 5.11 Å². The maximum Gasteiger partial charge on any atom is 0.101 e. The van der Waals surface area contributed by atoms with E-state index in [-0.39, 0.29) is 6.10 Å². The molecule has 1 aliphatic rings. The highest BCUT2D eigenvalue weighted by Gasteiger charge is 2.22. The van der Waals surface area contributed by atoms with E-state index in [4.69, 9.17) is 11.0 Å². The standard InChI is InChI=1S/C12H15N3O/c13-6-9-1-2-12(10(5-9)7-14)15-4-3-11(16)8-15/h1-2,5,11,16H,3-4,6,8,13H2. The molecule has 0 radical (unpaired) electrons. The molecule has 16 heavy (non-hydrogen) atoms. The second-order valence-corrected chi connectivity index (χ2v) is 4.06. The van der Waals surface area contributed by atoms with Gasteiger partial charge in [-0.15, -0.1) is 0 Å². The number of hydrogen-bond acceptors (Lipinski definition) is 4. The van der Waals surface area contributed by atoms with Gasteiger partial charge in [0.05, 0.1) is 17.4 Å². The lowest BCUT2D eigenvalue weighted by atomic mass is 10.1. The molecule has 1 unspecified atom stereocenters. The van der Waals surface area contributed by atoms with Gasteiger partial charge in [-0.1, -0.05) is 6.07 Å². The third kappa shape index (κ3) is 2.01. The van der Waals surface area contributed by atoms with Gasteiger partial charge >= 0.3 is 0 Å². The Morgan fingerprint density at radius 3 is 2.94 bits per heavy atom. The third-order valence-electron chi connectivity index (χ3n) is 2.92. The van der Waals surface area contributed by atoms with Crippen molar-refractivity contribution in [1.29, 1.82) is 5.26 Å². The minimum Gasteiger partial charge on any atom is -0.391 e. The van der Waals surface area contributed by atoms with Crippen LogP contribution < -0.4 is 10.6 Å². The first-order valence-electron chi connectivity index (χ1n) is 5.40. The lowest BCUT2D eigenvalue weighted by Gasteiger charge is -2.19. The van der Waals surface area contributed by atoms with E-state index in [1.165, 1.54) is 0 Å². The maximum absolute atomic E-state index is 9.48. The third-order valence-corrected chi connectivity index (χ3v) is 2.92. The summed E-state index contributed by atoms with van der Waals surface area (Å²) in [5, 5.41) is 18.6. The van der Waals surface area contributed by atoms with Gasteiger partial charge in [0.1, 0.15) is 6.07 Å². The molecule has 1 atom stereocenters. The van der Waals surface area contributed by atoms with Gasteiger partial charge in [0.2, 0.25) is 0 Å². The summed E-state index contributed by atoms with van der Waals surface area (Å²) in [6.45, 7) is 1.85. The molecular weight excluding hydrogens is 202 g/mol. The highest BCUT2D eigenvalue weighted by molar-refractivity contribution is 5.61. The van der Waals surface area contributed by atoms with E-state index in [2.05, 4.69) is 6.07 Å². The predicted octanol–water partition coefficient (Wildman–Crippen LogP) is 0.588. The second kappa shape index (κ2) is 4.52. The quantitative estimate of drug-likeness (QED) is 0.760. The molecule has 1 aromatic carbocycles. The summed E-state index contributed by atoms with van der Waals surface area (Å²) in [6, 6.07) is 7.85. The number of nitrogens with zero attached hydrogens (tertiary/aromatic N) is 2. The van der Waals surface area contributed by atoms with E-state index in [0.717, 1.165) is 24.2 Å². The molecule has 0 amide bonds. The highest BCUT2D eigenvalue weighted by atomic mass is 16.3. The van der Waals surface area contributed by atoms with E-state index >= 15 is 0 Å². The first kappa shape index (κ1) is 10.9. The van der Waals surface area contributed by atoms with Crippen LogP contribution in [0.1, 0.15) is 17.5 Å². The summed E-state index contributed by atoms with van der Waals surface area (Å²) >= 11 is 0. The van der Waals surface area contributed by atoms with Gasteiger partial charge in [-0.3, -0.25) is 0 Å². The Hall–Kier alpha value is -1.57. The van der Waals surface area contributed by atoms with Crippen LogP contribution in [0.5, 0.6) is 0 Å². The topological polar surface area (TPSA) is 73.3 Å². The molecule has 1 saturated heterocycles. The van der Waals surface area contributed by atoms with Crippen LogP contribution in [-0.2, 0) is 6.54 Å². The smallest absolute Gasteiger partial charge is 0.101 e. The van der Waals surface area contributed by atoms with Crippen molar-refractivity contribution in [3.63, 3.8) is 0 Å². The fourth-order valence-electron chi connectivity index (χ4n) is 2.04. The fourth-order valence-corrected chi connectivity index (χ4v) is 2.04. The lowest BCUT2D eigenvalue weighted by Crippen LogP contribution is -2.22. The van der Waals surface area contributed by atoms with Crippen LogP contribution in [0, 0.1) is 11.3 Å². The number of β-amino-alcohol motifs (C(OH)–C–C–N with tert-alkyl or cyclic N) is 1. The van der Waals surface area contributed by atoms with E-state index < -0.39 is 0 Å². The van der Waals surface area contributed by atoms with Crippen LogP contribution in [0.2, 0.25) is 0 Å². The summed E-state index contributed by atoms with van der Waals surface area (Å²) in [5.41, 5.74) is 8.03. The van der Waals surface area contributed by atoms with Crippen LogP contribution in [0.25, 0.3) is 0 Å². The van der Waals surface area contributed by atoms with Gasteiger partial charge in [-0.2, -0.15) is 5.26 Å². The molecule has 4 nitrogen and oxygen atoms in total. The van der Waals surface area contributed by atoms with Crippen LogP contribution in [0.4, 0.5) is 5.69 Å². The molecule has 1 fully saturated rings. The van der Waals surface area contributed by atoms with E-state index in [1.807, 2.05) is 23.1 Å². The van der Waals surface area contributed by atoms with Crippen molar-refractivity contribution < 1.29 is 5.11 Å². The molecule has 84 valence electrons. The van der Waals surface area contributed by atoms with Crippen LogP contribution in [0.15, 0.2) is 18.2 Å².